The maximum Gasteiger partial charge on any atom is 0.241 e. The summed E-state index contributed by atoms with van der Waals surface area (Å²) < 4.78 is 28.7. The molecule has 1 N–H and O–H groups in total. The van der Waals surface area contributed by atoms with Crippen molar-refractivity contribution in [1.82, 2.24) is 9.62 Å². The van der Waals surface area contributed by atoms with Crippen molar-refractivity contribution in [2.24, 2.45) is 0 Å². The van der Waals surface area contributed by atoms with E-state index in [1.54, 1.807) is 0 Å². The van der Waals surface area contributed by atoms with E-state index < -0.39 is 10.0 Å². The summed E-state index contributed by atoms with van der Waals surface area (Å²) in [4.78, 5) is 15.1. The van der Waals surface area contributed by atoms with Crippen LogP contribution in [-0.2, 0) is 14.8 Å². The molecule has 2 aromatic rings. The quantitative estimate of drug-likeness (QED) is 0.748. The van der Waals surface area contributed by atoms with Crippen LogP contribution < -0.4 is 4.72 Å². The van der Waals surface area contributed by atoms with Crippen LogP contribution >= 0.6 is 0 Å². The van der Waals surface area contributed by atoms with Crippen molar-refractivity contribution < 1.29 is 13.2 Å². The fraction of sp³-hybridized carbons (Fsp3) is 0.458. The Hall–Kier alpha value is -2.18. The Morgan fingerprint density at radius 2 is 1.53 bits per heavy atom. The van der Waals surface area contributed by atoms with Crippen LogP contribution in [0.25, 0.3) is 0 Å². The highest BCUT2D eigenvalue weighted by atomic mass is 32.2. The summed E-state index contributed by atoms with van der Waals surface area (Å²) in [7, 11) is -3.69. The first-order chi connectivity index (χ1) is 14.1. The molecule has 0 spiro atoms. The van der Waals surface area contributed by atoms with Gasteiger partial charge in [0.2, 0.25) is 15.9 Å². The number of hydrogen-bond donors (Lipinski definition) is 1. The predicted octanol–water partition coefficient (Wildman–Crippen LogP) is 4.26. The molecule has 2 aromatic carbocycles. The fourth-order valence-electron chi connectivity index (χ4n) is 4.46. The van der Waals surface area contributed by atoms with Gasteiger partial charge in [0.05, 0.1) is 10.9 Å². The lowest BCUT2D eigenvalue weighted by atomic mass is 9.95. The van der Waals surface area contributed by atoms with Crippen LogP contribution in [0.5, 0.6) is 0 Å². The zero-order valence-electron chi connectivity index (χ0n) is 18.6. The Morgan fingerprint density at radius 3 is 2.13 bits per heavy atom. The van der Waals surface area contributed by atoms with Crippen molar-refractivity contribution in [3.05, 3.63) is 63.7 Å². The molecule has 3 rings (SSSR count). The molecule has 1 heterocycles. The predicted molar refractivity (Wildman–Crippen MR) is 120 cm³/mol. The zero-order chi connectivity index (χ0) is 22.1. The highest BCUT2D eigenvalue weighted by Gasteiger charge is 2.30. The average molecular weight is 429 g/mol. The second-order valence-electron chi connectivity index (χ2n) is 8.26. The van der Waals surface area contributed by atoms with Gasteiger partial charge >= 0.3 is 0 Å². The monoisotopic (exact) mass is 428 g/mol. The molecule has 5 nitrogen and oxygen atoms in total. The number of carbonyl (C=O) groups is 1. The van der Waals surface area contributed by atoms with Crippen molar-refractivity contribution in [2.45, 2.75) is 64.8 Å². The highest BCUT2D eigenvalue weighted by molar-refractivity contribution is 7.89. The molecule has 1 unspecified atom stereocenters. The normalized spacial score (nSPS) is 16.8. The molecule has 1 aliphatic rings. The average Bonchev–Trinajstić information content (AvgIpc) is 3.21. The molecule has 162 valence electrons. The summed E-state index contributed by atoms with van der Waals surface area (Å²) in [6.45, 7) is 10.5. The largest absolute Gasteiger partial charge is 0.336 e. The number of likely N-dealkylation sites (tertiary alicyclic amines) is 1. The van der Waals surface area contributed by atoms with Gasteiger partial charge in [-0.1, -0.05) is 30.3 Å². The third kappa shape index (κ3) is 4.30. The minimum Gasteiger partial charge on any atom is -0.336 e. The SMILES string of the molecule is Cc1c(C)c(C)c(S(=O)(=O)NCCC(=O)N2CCCC2c2ccccc2)c(C)c1C. The van der Waals surface area contributed by atoms with Crippen LogP contribution in [0.4, 0.5) is 0 Å². The Balaban J connectivity index is 1.70. The van der Waals surface area contributed by atoms with E-state index in [4.69, 9.17) is 0 Å². The fourth-order valence-corrected chi connectivity index (χ4v) is 6.09. The smallest absolute Gasteiger partial charge is 0.241 e. The minimum atomic E-state index is -3.69. The molecule has 1 amide bonds. The molecule has 0 radical (unpaired) electrons. The van der Waals surface area contributed by atoms with E-state index in [-0.39, 0.29) is 24.9 Å². The molecular weight excluding hydrogens is 396 g/mol. The van der Waals surface area contributed by atoms with Crippen LogP contribution in [0.2, 0.25) is 0 Å². The van der Waals surface area contributed by atoms with Crippen LogP contribution in [0, 0.1) is 34.6 Å². The topological polar surface area (TPSA) is 66.5 Å². The summed E-state index contributed by atoms with van der Waals surface area (Å²) in [6.07, 6.45) is 2.07. The van der Waals surface area contributed by atoms with Gasteiger partial charge in [-0.3, -0.25) is 4.79 Å². The van der Waals surface area contributed by atoms with Gasteiger partial charge in [-0.15, -0.1) is 0 Å². The summed E-state index contributed by atoms with van der Waals surface area (Å²) in [5.41, 5.74) is 5.81. The van der Waals surface area contributed by atoms with Gasteiger partial charge in [0, 0.05) is 19.5 Å². The van der Waals surface area contributed by atoms with Gasteiger partial charge in [-0.25, -0.2) is 13.1 Å². The van der Waals surface area contributed by atoms with Gasteiger partial charge in [0.15, 0.2) is 0 Å². The lowest BCUT2D eigenvalue weighted by Crippen LogP contribution is -2.34. The van der Waals surface area contributed by atoms with Gasteiger partial charge in [0.1, 0.15) is 0 Å². The standard InChI is InChI=1S/C24H32N2O3S/c1-16-17(2)19(4)24(20(5)18(16)3)30(28,29)25-14-13-23(27)26-15-9-12-22(26)21-10-7-6-8-11-21/h6-8,10-11,22,25H,9,12-15H2,1-5H3. The van der Waals surface area contributed by atoms with Crippen molar-refractivity contribution in [2.75, 3.05) is 13.1 Å². The Bertz CT molecular complexity index is 1020. The molecule has 1 aliphatic heterocycles. The van der Waals surface area contributed by atoms with Gasteiger partial charge < -0.3 is 4.90 Å². The van der Waals surface area contributed by atoms with Crippen LogP contribution in [0.3, 0.4) is 0 Å². The Morgan fingerprint density at radius 1 is 0.967 bits per heavy atom. The first-order valence-corrected chi connectivity index (χ1v) is 12.0. The highest BCUT2D eigenvalue weighted by Crippen LogP contribution is 2.32. The van der Waals surface area contributed by atoms with Gasteiger partial charge in [-0.2, -0.15) is 0 Å². The maximum absolute atomic E-state index is 13.0. The number of carbonyl (C=O) groups excluding carboxylic acids is 1. The summed E-state index contributed by atoms with van der Waals surface area (Å²) in [5.74, 6) is -0.00577. The van der Waals surface area contributed by atoms with E-state index in [0.717, 1.165) is 52.8 Å². The summed E-state index contributed by atoms with van der Waals surface area (Å²) >= 11 is 0. The molecular formula is C24H32N2O3S. The van der Waals surface area contributed by atoms with Crippen molar-refractivity contribution >= 4 is 15.9 Å². The number of benzene rings is 2. The first-order valence-electron chi connectivity index (χ1n) is 10.6. The third-order valence-electron chi connectivity index (χ3n) is 6.59. The zero-order valence-corrected chi connectivity index (χ0v) is 19.4. The van der Waals surface area contributed by atoms with Crippen molar-refractivity contribution in [3.8, 4) is 0 Å². The second kappa shape index (κ2) is 8.90. The Labute approximate surface area is 180 Å². The number of nitrogens with one attached hydrogen (secondary N) is 1. The van der Waals surface area contributed by atoms with Gasteiger partial charge in [0.25, 0.3) is 0 Å². The first kappa shape index (κ1) is 22.5. The van der Waals surface area contributed by atoms with E-state index in [2.05, 4.69) is 4.72 Å². The molecule has 6 heteroatoms. The number of hydrogen-bond acceptors (Lipinski definition) is 3. The lowest BCUT2D eigenvalue weighted by Gasteiger charge is -2.25. The molecule has 1 fully saturated rings. The van der Waals surface area contributed by atoms with Crippen LogP contribution in [0.1, 0.15) is 58.7 Å². The molecule has 1 saturated heterocycles. The van der Waals surface area contributed by atoms with E-state index in [0.29, 0.717) is 4.90 Å². The number of amides is 1. The molecule has 30 heavy (non-hydrogen) atoms. The molecule has 0 aliphatic carbocycles. The number of nitrogens with zero attached hydrogens (tertiary/aromatic N) is 1. The number of sulfonamides is 1. The van der Waals surface area contributed by atoms with E-state index in [1.807, 2.05) is 69.9 Å². The van der Waals surface area contributed by atoms with Crippen molar-refractivity contribution in [3.63, 3.8) is 0 Å². The molecule has 0 bridgehead atoms. The lowest BCUT2D eigenvalue weighted by molar-refractivity contribution is -0.131. The van der Waals surface area contributed by atoms with Crippen molar-refractivity contribution in [1.29, 1.82) is 0 Å². The van der Waals surface area contributed by atoms with E-state index in [1.165, 1.54) is 0 Å². The van der Waals surface area contributed by atoms with Crippen LogP contribution in [-0.4, -0.2) is 32.3 Å². The minimum absolute atomic E-state index is 0.00577. The maximum atomic E-state index is 13.0. The molecule has 1 atom stereocenters. The number of rotatable bonds is 6. The summed E-state index contributed by atoms with van der Waals surface area (Å²) in [6, 6.07) is 10.1. The van der Waals surface area contributed by atoms with Crippen LogP contribution in [0.15, 0.2) is 35.2 Å². The third-order valence-corrected chi connectivity index (χ3v) is 8.32. The Kier molecular flexibility index (Phi) is 6.68. The summed E-state index contributed by atoms with van der Waals surface area (Å²) in [5, 5.41) is 0. The second-order valence-corrected chi connectivity index (χ2v) is 9.96. The molecule has 0 aromatic heterocycles. The van der Waals surface area contributed by atoms with Gasteiger partial charge in [-0.05, 0) is 80.8 Å². The van der Waals surface area contributed by atoms with E-state index >= 15 is 0 Å². The molecule has 0 saturated carbocycles. The van der Waals surface area contributed by atoms with E-state index in [9.17, 15) is 13.2 Å².